The van der Waals surface area contributed by atoms with Crippen molar-refractivity contribution in [2.75, 3.05) is 19.7 Å². The number of benzene rings is 1. The Morgan fingerprint density at radius 1 is 1.21 bits per heavy atom. The van der Waals surface area contributed by atoms with Crippen molar-refractivity contribution in [2.24, 2.45) is 5.73 Å². The van der Waals surface area contributed by atoms with Crippen LogP contribution in [0.25, 0.3) is 0 Å². The Balaban J connectivity index is 1.49. The number of nitrogens with zero attached hydrogens (tertiary/aromatic N) is 2. The summed E-state index contributed by atoms with van der Waals surface area (Å²) in [4.78, 5) is 40.4. The number of hydrogen-bond donors (Lipinski definition) is 3. The van der Waals surface area contributed by atoms with Crippen LogP contribution in [0.3, 0.4) is 0 Å². The molecule has 0 aliphatic carbocycles. The Kier molecular flexibility index (Phi) is 4.95. The normalized spacial score (nSPS) is 25.0. The molecule has 2 fully saturated rings. The maximum Gasteiger partial charge on any atom is 0.255 e. The van der Waals surface area contributed by atoms with Gasteiger partial charge in [-0.15, -0.1) is 0 Å². The molecule has 3 aliphatic rings. The number of carbonyl (C=O) groups is 3. The number of nitrogens with one attached hydrogen (secondary N) is 1. The van der Waals surface area contributed by atoms with E-state index in [4.69, 9.17) is 5.73 Å². The van der Waals surface area contributed by atoms with Gasteiger partial charge in [-0.25, -0.2) is 0 Å². The van der Waals surface area contributed by atoms with Crippen molar-refractivity contribution in [3.05, 3.63) is 34.9 Å². The lowest BCUT2D eigenvalue weighted by atomic mass is 9.89. The predicted octanol–water partition coefficient (Wildman–Crippen LogP) is -0.267. The zero-order valence-electron chi connectivity index (χ0n) is 15.8. The third-order valence-corrected chi connectivity index (χ3v) is 6.24. The number of imide groups is 1. The smallest absolute Gasteiger partial charge is 0.255 e. The van der Waals surface area contributed by atoms with E-state index in [-0.39, 0.29) is 24.8 Å². The molecule has 0 bridgehead atoms. The first-order valence-electron chi connectivity index (χ1n) is 9.78. The van der Waals surface area contributed by atoms with Gasteiger partial charge in [0.2, 0.25) is 11.8 Å². The number of aliphatic hydroxyl groups excluding tert-OH is 1. The first kappa shape index (κ1) is 19.0. The maximum absolute atomic E-state index is 12.9. The molecule has 1 aromatic carbocycles. The van der Waals surface area contributed by atoms with Crippen LogP contribution in [0.15, 0.2) is 18.2 Å². The Morgan fingerprint density at radius 2 is 1.96 bits per heavy atom. The molecule has 3 aliphatic heterocycles. The summed E-state index contributed by atoms with van der Waals surface area (Å²) in [6, 6.07) is 5.12. The summed E-state index contributed by atoms with van der Waals surface area (Å²) in [5.41, 5.74) is 8.35. The zero-order chi connectivity index (χ0) is 19.9. The lowest BCUT2D eigenvalue weighted by Crippen LogP contribution is -2.52. The van der Waals surface area contributed by atoms with E-state index in [0.717, 1.165) is 37.1 Å². The SMILES string of the molecule is NC1(CO)CCN(Cc2cccc3c2CN(C2CCC(=O)NC2=O)C3=O)CC1. The van der Waals surface area contributed by atoms with Gasteiger partial charge in [0.1, 0.15) is 6.04 Å². The molecule has 1 unspecified atom stereocenters. The fourth-order valence-corrected chi connectivity index (χ4v) is 4.35. The van der Waals surface area contributed by atoms with Crippen molar-refractivity contribution in [2.45, 2.75) is 50.4 Å². The van der Waals surface area contributed by atoms with Gasteiger partial charge >= 0.3 is 0 Å². The Labute approximate surface area is 163 Å². The van der Waals surface area contributed by atoms with Crippen molar-refractivity contribution < 1.29 is 19.5 Å². The first-order valence-corrected chi connectivity index (χ1v) is 9.78. The standard InChI is InChI=1S/C20H26N4O4/c21-20(12-25)6-8-23(9-7-20)10-13-2-1-3-14-15(13)11-24(19(14)28)16-4-5-17(26)22-18(16)27/h1-3,16,25H,4-12,21H2,(H,22,26,27). The van der Waals surface area contributed by atoms with Crippen LogP contribution in [0.2, 0.25) is 0 Å². The summed E-state index contributed by atoms with van der Waals surface area (Å²) in [6.45, 7) is 2.69. The molecule has 4 N–H and O–H groups in total. The minimum absolute atomic E-state index is 0.00298. The molecule has 2 saturated heterocycles. The summed E-state index contributed by atoms with van der Waals surface area (Å²) in [6.07, 6.45) is 2.09. The molecule has 1 aromatic rings. The van der Waals surface area contributed by atoms with Crippen LogP contribution < -0.4 is 11.1 Å². The second-order valence-corrected chi connectivity index (χ2v) is 8.14. The number of hydrogen-bond acceptors (Lipinski definition) is 6. The Hall–Kier alpha value is -2.29. The van der Waals surface area contributed by atoms with Crippen molar-refractivity contribution in [1.29, 1.82) is 0 Å². The molecular weight excluding hydrogens is 360 g/mol. The number of aliphatic hydroxyl groups is 1. The lowest BCUT2D eigenvalue weighted by molar-refractivity contribution is -0.136. The second-order valence-electron chi connectivity index (χ2n) is 8.14. The minimum Gasteiger partial charge on any atom is -0.394 e. The summed E-state index contributed by atoms with van der Waals surface area (Å²) >= 11 is 0. The molecule has 4 rings (SSSR count). The fourth-order valence-electron chi connectivity index (χ4n) is 4.35. The van der Waals surface area contributed by atoms with E-state index in [2.05, 4.69) is 10.2 Å². The van der Waals surface area contributed by atoms with Crippen LogP contribution in [-0.4, -0.2) is 63.9 Å². The zero-order valence-corrected chi connectivity index (χ0v) is 15.8. The molecule has 8 nitrogen and oxygen atoms in total. The van der Waals surface area contributed by atoms with Gasteiger partial charge in [-0.2, -0.15) is 0 Å². The minimum atomic E-state index is -0.595. The number of carbonyl (C=O) groups excluding carboxylic acids is 3. The predicted molar refractivity (Wildman–Crippen MR) is 101 cm³/mol. The van der Waals surface area contributed by atoms with Crippen molar-refractivity contribution in [3.63, 3.8) is 0 Å². The van der Waals surface area contributed by atoms with Gasteiger partial charge in [-0.05, 0) is 36.5 Å². The summed E-state index contributed by atoms with van der Waals surface area (Å²) < 4.78 is 0. The number of nitrogens with two attached hydrogens (primary N) is 1. The van der Waals surface area contributed by atoms with Gasteiger partial charge in [0.05, 0.1) is 6.61 Å². The number of fused-ring (bicyclic) bond motifs is 1. The summed E-state index contributed by atoms with van der Waals surface area (Å²) in [5, 5.41) is 11.8. The summed E-state index contributed by atoms with van der Waals surface area (Å²) in [5.74, 6) is -0.820. The molecule has 0 spiro atoms. The highest BCUT2D eigenvalue weighted by Crippen LogP contribution is 2.31. The summed E-state index contributed by atoms with van der Waals surface area (Å²) in [7, 11) is 0. The van der Waals surface area contributed by atoms with Crippen LogP contribution in [-0.2, 0) is 22.7 Å². The van der Waals surface area contributed by atoms with Crippen molar-refractivity contribution in [3.8, 4) is 0 Å². The average molecular weight is 386 g/mol. The third-order valence-electron chi connectivity index (χ3n) is 6.24. The van der Waals surface area contributed by atoms with E-state index in [9.17, 15) is 19.5 Å². The van der Waals surface area contributed by atoms with E-state index in [0.29, 0.717) is 25.1 Å². The largest absolute Gasteiger partial charge is 0.394 e. The quantitative estimate of drug-likeness (QED) is 0.614. The topological polar surface area (TPSA) is 116 Å². The number of likely N-dealkylation sites (tertiary alicyclic amines) is 1. The van der Waals surface area contributed by atoms with Gasteiger partial charge in [0.15, 0.2) is 0 Å². The number of piperidine rings is 2. The monoisotopic (exact) mass is 386 g/mol. The molecule has 3 heterocycles. The first-order chi connectivity index (χ1) is 13.4. The van der Waals surface area contributed by atoms with Crippen LogP contribution in [0.5, 0.6) is 0 Å². The highest BCUT2D eigenvalue weighted by molar-refractivity contribution is 6.05. The molecule has 3 amide bonds. The molecule has 150 valence electrons. The van der Waals surface area contributed by atoms with Gasteiger partial charge in [-0.1, -0.05) is 12.1 Å². The van der Waals surface area contributed by atoms with Crippen LogP contribution in [0.4, 0.5) is 0 Å². The number of amides is 3. The van der Waals surface area contributed by atoms with Crippen molar-refractivity contribution >= 4 is 17.7 Å². The molecular formula is C20H26N4O4. The average Bonchev–Trinajstić information content (AvgIpc) is 3.02. The van der Waals surface area contributed by atoms with Gasteiger partial charge in [0.25, 0.3) is 5.91 Å². The van der Waals surface area contributed by atoms with E-state index in [1.165, 1.54) is 0 Å². The van der Waals surface area contributed by atoms with Crippen LogP contribution in [0, 0.1) is 0 Å². The highest BCUT2D eigenvalue weighted by Gasteiger charge is 2.40. The van der Waals surface area contributed by atoms with Gasteiger partial charge in [0, 0.05) is 43.7 Å². The highest BCUT2D eigenvalue weighted by atomic mass is 16.3. The molecule has 1 atom stereocenters. The fraction of sp³-hybridized carbons (Fsp3) is 0.550. The Bertz CT molecular complexity index is 816. The maximum atomic E-state index is 12.9. The Morgan fingerprint density at radius 3 is 2.64 bits per heavy atom. The van der Waals surface area contributed by atoms with E-state index in [1.807, 2.05) is 12.1 Å². The molecule has 8 heteroatoms. The lowest BCUT2D eigenvalue weighted by Gasteiger charge is -2.38. The third kappa shape index (κ3) is 3.43. The van der Waals surface area contributed by atoms with Crippen molar-refractivity contribution in [1.82, 2.24) is 15.1 Å². The van der Waals surface area contributed by atoms with Gasteiger partial charge in [-0.3, -0.25) is 24.6 Å². The van der Waals surface area contributed by atoms with Crippen LogP contribution in [0.1, 0.15) is 47.2 Å². The number of rotatable bonds is 4. The van der Waals surface area contributed by atoms with E-state index < -0.39 is 17.5 Å². The molecule has 0 saturated carbocycles. The van der Waals surface area contributed by atoms with Crippen LogP contribution >= 0.6 is 0 Å². The van der Waals surface area contributed by atoms with E-state index >= 15 is 0 Å². The van der Waals surface area contributed by atoms with Gasteiger partial charge < -0.3 is 15.7 Å². The molecule has 28 heavy (non-hydrogen) atoms. The molecule has 0 aromatic heterocycles. The van der Waals surface area contributed by atoms with E-state index in [1.54, 1.807) is 11.0 Å². The molecule has 0 radical (unpaired) electrons. The second kappa shape index (κ2) is 7.27.